The Morgan fingerprint density at radius 3 is 2.64 bits per heavy atom. The van der Waals surface area contributed by atoms with Gasteiger partial charge >= 0.3 is 0 Å². The highest BCUT2D eigenvalue weighted by Gasteiger charge is 2.28. The summed E-state index contributed by atoms with van der Waals surface area (Å²) < 4.78 is 17.2. The Morgan fingerprint density at radius 2 is 2.00 bits per heavy atom. The van der Waals surface area contributed by atoms with Crippen LogP contribution in [0.3, 0.4) is 0 Å². The highest BCUT2D eigenvalue weighted by molar-refractivity contribution is 5.61. The number of anilines is 1. The van der Waals surface area contributed by atoms with Gasteiger partial charge in [-0.1, -0.05) is 5.16 Å². The van der Waals surface area contributed by atoms with Crippen LogP contribution in [0.4, 0.5) is 5.95 Å². The zero-order valence-electron chi connectivity index (χ0n) is 14.9. The highest BCUT2D eigenvalue weighted by atomic mass is 16.5. The van der Waals surface area contributed by atoms with Crippen LogP contribution in [0.5, 0.6) is 0 Å². The minimum absolute atomic E-state index is 0.0157. The minimum Gasteiger partial charge on any atom is -0.372 e. The summed E-state index contributed by atoms with van der Waals surface area (Å²) in [5.41, 5.74) is 2.60. The van der Waals surface area contributed by atoms with Gasteiger partial charge in [-0.3, -0.25) is 0 Å². The summed E-state index contributed by atoms with van der Waals surface area (Å²) >= 11 is 0. The van der Waals surface area contributed by atoms with Crippen LogP contribution in [0.2, 0.25) is 0 Å². The van der Waals surface area contributed by atoms with E-state index in [2.05, 4.69) is 28.9 Å². The van der Waals surface area contributed by atoms with Crippen LogP contribution in [-0.4, -0.2) is 47.0 Å². The molecule has 0 N–H and O–H groups in total. The van der Waals surface area contributed by atoms with E-state index in [0.717, 1.165) is 55.4 Å². The second-order valence-electron chi connectivity index (χ2n) is 6.97. The van der Waals surface area contributed by atoms with Crippen LogP contribution >= 0.6 is 0 Å². The van der Waals surface area contributed by atoms with E-state index in [1.807, 2.05) is 19.2 Å². The maximum absolute atomic E-state index is 5.90. The van der Waals surface area contributed by atoms with Gasteiger partial charge < -0.3 is 18.9 Å². The molecule has 7 heteroatoms. The first-order chi connectivity index (χ1) is 12.1. The Balaban J connectivity index is 1.71. The largest absolute Gasteiger partial charge is 0.372 e. The molecule has 2 saturated heterocycles. The van der Waals surface area contributed by atoms with Gasteiger partial charge in [0.2, 0.25) is 5.95 Å². The fourth-order valence-corrected chi connectivity index (χ4v) is 3.60. The molecule has 0 unspecified atom stereocenters. The van der Waals surface area contributed by atoms with Crippen molar-refractivity contribution in [3.8, 4) is 11.3 Å². The molecule has 4 heterocycles. The Bertz CT molecular complexity index is 732. The molecule has 2 aromatic heterocycles. The number of nitrogens with zero attached hydrogens (tertiary/aromatic N) is 4. The molecule has 7 nitrogen and oxygen atoms in total. The first kappa shape index (κ1) is 16.5. The third-order valence-corrected chi connectivity index (χ3v) is 4.64. The average molecular weight is 344 g/mol. The van der Waals surface area contributed by atoms with E-state index in [0.29, 0.717) is 5.76 Å². The van der Waals surface area contributed by atoms with Crippen molar-refractivity contribution >= 4 is 5.95 Å². The Labute approximate surface area is 147 Å². The van der Waals surface area contributed by atoms with Gasteiger partial charge in [0.25, 0.3) is 0 Å². The van der Waals surface area contributed by atoms with E-state index in [9.17, 15) is 0 Å². The summed E-state index contributed by atoms with van der Waals surface area (Å²) in [7, 11) is 0. The predicted octanol–water partition coefficient (Wildman–Crippen LogP) is 2.91. The quantitative estimate of drug-likeness (QED) is 0.847. The smallest absolute Gasteiger partial charge is 0.225 e. The van der Waals surface area contributed by atoms with Crippen molar-refractivity contribution in [1.29, 1.82) is 0 Å². The predicted molar refractivity (Wildman–Crippen MR) is 92.4 cm³/mol. The highest BCUT2D eigenvalue weighted by Crippen LogP contribution is 2.35. The number of aromatic nitrogens is 3. The van der Waals surface area contributed by atoms with Gasteiger partial charge in [-0.25, -0.2) is 9.97 Å². The third-order valence-electron chi connectivity index (χ3n) is 4.64. The summed E-state index contributed by atoms with van der Waals surface area (Å²) in [5, 5.41) is 3.99. The summed E-state index contributed by atoms with van der Waals surface area (Å²) in [5.74, 6) is 1.42. The SMILES string of the molecule is Cc1cc(-c2cnc(N3C[C@H](C)O[C@@H](C)C3)nc2[C@H]2CCCO2)on1. The maximum atomic E-state index is 5.90. The van der Waals surface area contributed by atoms with E-state index in [4.69, 9.17) is 19.0 Å². The van der Waals surface area contributed by atoms with Crippen molar-refractivity contribution in [2.45, 2.75) is 51.9 Å². The molecular formula is C18H24N4O3. The molecule has 134 valence electrons. The van der Waals surface area contributed by atoms with Crippen LogP contribution in [0, 0.1) is 6.92 Å². The van der Waals surface area contributed by atoms with Crippen molar-refractivity contribution < 1.29 is 14.0 Å². The standard InChI is InChI=1S/C18H24N4O3/c1-11-7-16(25-21-11)14-8-19-18(20-17(14)15-5-4-6-23-15)22-9-12(2)24-13(3)10-22/h7-8,12-13,15H,4-6,9-10H2,1-3H3/t12-,13-,15+/m0/s1. The van der Waals surface area contributed by atoms with Crippen LogP contribution in [0.15, 0.2) is 16.8 Å². The molecule has 0 saturated carbocycles. The van der Waals surface area contributed by atoms with E-state index in [-0.39, 0.29) is 18.3 Å². The van der Waals surface area contributed by atoms with Crippen molar-refractivity contribution in [1.82, 2.24) is 15.1 Å². The molecular weight excluding hydrogens is 320 g/mol. The number of hydrogen-bond donors (Lipinski definition) is 0. The maximum Gasteiger partial charge on any atom is 0.225 e. The van der Waals surface area contributed by atoms with E-state index < -0.39 is 0 Å². The van der Waals surface area contributed by atoms with E-state index >= 15 is 0 Å². The average Bonchev–Trinajstić information content (AvgIpc) is 3.25. The zero-order chi connectivity index (χ0) is 17.4. The monoisotopic (exact) mass is 344 g/mol. The van der Waals surface area contributed by atoms with Crippen molar-refractivity contribution in [2.24, 2.45) is 0 Å². The first-order valence-electron chi connectivity index (χ1n) is 8.93. The molecule has 4 rings (SSSR count). The topological polar surface area (TPSA) is 73.5 Å². The molecule has 2 aliphatic heterocycles. The Kier molecular flexibility index (Phi) is 4.43. The fourth-order valence-electron chi connectivity index (χ4n) is 3.60. The fraction of sp³-hybridized carbons (Fsp3) is 0.611. The molecule has 2 aliphatic rings. The van der Waals surface area contributed by atoms with E-state index in [1.54, 1.807) is 0 Å². The van der Waals surface area contributed by atoms with Crippen LogP contribution in [-0.2, 0) is 9.47 Å². The first-order valence-corrected chi connectivity index (χ1v) is 8.93. The second kappa shape index (κ2) is 6.72. The van der Waals surface area contributed by atoms with Gasteiger partial charge in [0.05, 0.1) is 29.2 Å². The number of aryl methyl sites for hydroxylation is 1. The van der Waals surface area contributed by atoms with Crippen LogP contribution < -0.4 is 4.90 Å². The summed E-state index contributed by atoms with van der Waals surface area (Å²) in [6.45, 7) is 8.41. The van der Waals surface area contributed by atoms with Crippen molar-refractivity contribution in [3.63, 3.8) is 0 Å². The van der Waals surface area contributed by atoms with Gasteiger partial charge in [-0.05, 0) is 33.6 Å². The third kappa shape index (κ3) is 3.39. The van der Waals surface area contributed by atoms with Gasteiger partial charge in [0.15, 0.2) is 5.76 Å². The van der Waals surface area contributed by atoms with Crippen molar-refractivity contribution in [3.05, 3.63) is 23.7 Å². The van der Waals surface area contributed by atoms with Gasteiger partial charge in [0, 0.05) is 32.0 Å². The zero-order valence-corrected chi connectivity index (χ0v) is 14.9. The molecule has 2 aromatic rings. The molecule has 0 spiro atoms. The van der Waals surface area contributed by atoms with Gasteiger partial charge in [-0.15, -0.1) is 0 Å². The molecule has 0 aliphatic carbocycles. The Morgan fingerprint density at radius 1 is 1.20 bits per heavy atom. The molecule has 0 aromatic carbocycles. The van der Waals surface area contributed by atoms with Crippen molar-refractivity contribution in [2.75, 3.05) is 24.6 Å². The lowest BCUT2D eigenvalue weighted by molar-refractivity contribution is -0.00576. The second-order valence-corrected chi connectivity index (χ2v) is 6.97. The van der Waals surface area contributed by atoms with Crippen LogP contribution in [0.25, 0.3) is 11.3 Å². The number of rotatable bonds is 3. The molecule has 0 bridgehead atoms. The summed E-state index contributed by atoms with van der Waals surface area (Å²) in [6.07, 6.45) is 4.16. The summed E-state index contributed by atoms with van der Waals surface area (Å²) in [6, 6.07) is 1.91. The summed E-state index contributed by atoms with van der Waals surface area (Å²) in [4.78, 5) is 11.7. The number of morpholine rings is 1. The Hall–Kier alpha value is -1.99. The molecule has 3 atom stereocenters. The molecule has 2 fully saturated rings. The number of hydrogen-bond acceptors (Lipinski definition) is 7. The number of ether oxygens (including phenoxy) is 2. The lowest BCUT2D eigenvalue weighted by atomic mass is 10.1. The normalized spacial score (nSPS) is 27.0. The van der Waals surface area contributed by atoms with Crippen LogP contribution in [0.1, 0.15) is 44.2 Å². The van der Waals surface area contributed by atoms with Gasteiger partial charge in [0.1, 0.15) is 6.10 Å². The molecule has 0 radical (unpaired) electrons. The molecule has 0 amide bonds. The van der Waals surface area contributed by atoms with Gasteiger partial charge in [-0.2, -0.15) is 0 Å². The lowest BCUT2D eigenvalue weighted by Gasteiger charge is -2.35. The molecule has 25 heavy (non-hydrogen) atoms. The lowest BCUT2D eigenvalue weighted by Crippen LogP contribution is -2.46. The minimum atomic E-state index is -0.0157. The van der Waals surface area contributed by atoms with E-state index in [1.165, 1.54) is 0 Å².